The zero-order valence-electron chi connectivity index (χ0n) is 16.1. The van der Waals surface area contributed by atoms with Gasteiger partial charge in [0.15, 0.2) is 5.16 Å². The molecule has 0 radical (unpaired) electrons. The van der Waals surface area contributed by atoms with E-state index in [4.69, 9.17) is 9.40 Å². The van der Waals surface area contributed by atoms with Crippen LogP contribution in [0.3, 0.4) is 0 Å². The van der Waals surface area contributed by atoms with Crippen molar-refractivity contribution < 1.29 is 4.42 Å². The molecule has 0 amide bonds. The van der Waals surface area contributed by atoms with Crippen molar-refractivity contribution in [3.8, 4) is 17.1 Å². The van der Waals surface area contributed by atoms with Crippen LogP contribution in [0.15, 0.2) is 86.5 Å². The summed E-state index contributed by atoms with van der Waals surface area (Å²) in [4.78, 5) is 23.3. The first kappa shape index (κ1) is 18.8. The van der Waals surface area contributed by atoms with E-state index in [1.807, 2.05) is 79.0 Å². The smallest absolute Gasteiger partial charge is 0.267 e. The monoisotopic (exact) mass is 431 g/mol. The topological polar surface area (TPSA) is 60.9 Å². The number of fused-ring (bicyclic) bond motifs is 1. The number of aryl methyl sites for hydroxylation is 1. The molecule has 148 valence electrons. The van der Waals surface area contributed by atoms with Crippen molar-refractivity contribution >= 4 is 33.3 Å². The third kappa shape index (κ3) is 3.46. The van der Waals surface area contributed by atoms with Crippen LogP contribution in [0.25, 0.3) is 27.4 Å². The lowest BCUT2D eigenvalue weighted by Crippen LogP contribution is -2.21. The molecule has 0 spiro atoms. The van der Waals surface area contributed by atoms with E-state index in [-0.39, 0.29) is 5.56 Å². The van der Waals surface area contributed by atoms with E-state index >= 15 is 0 Å². The normalized spacial score (nSPS) is 11.2. The second kappa shape index (κ2) is 7.93. The maximum Gasteiger partial charge on any atom is 0.267 e. The minimum Gasteiger partial charge on any atom is -0.441 e. The molecule has 0 unspecified atom stereocenters. The Bertz CT molecular complexity index is 1370. The maximum atomic E-state index is 13.2. The van der Waals surface area contributed by atoms with Gasteiger partial charge in [0, 0.05) is 11.3 Å². The molecule has 5 aromatic rings. The summed E-state index contributed by atoms with van der Waals surface area (Å²) in [5.41, 5.74) is 2.53. The fourth-order valence-electron chi connectivity index (χ4n) is 3.20. The molecule has 5 nitrogen and oxygen atoms in total. The van der Waals surface area contributed by atoms with Crippen LogP contribution < -0.4 is 5.56 Å². The van der Waals surface area contributed by atoms with E-state index in [9.17, 15) is 4.79 Å². The minimum absolute atomic E-state index is 0.0585. The molecule has 0 aliphatic carbocycles. The Balaban J connectivity index is 1.52. The van der Waals surface area contributed by atoms with Crippen LogP contribution >= 0.6 is 23.1 Å². The van der Waals surface area contributed by atoms with Crippen LogP contribution in [-0.4, -0.2) is 14.5 Å². The van der Waals surface area contributed by atoms with Gasteiger partial charge in [0.1, 0.15) is 10.6 Å². The van der Waals surface area contributed by atoms with Crippen LogP contribution in [0.4, 0.5) is 0 Å². The van der Waals surface area contributed by atoms with Crippen molar-refractivity contribution in [1.82, 2.24) is 14.5 Å². The number of para-hydroxylation sites is 1. The first-order valence-electron chi connectivity index (χ1n) is 9.41. The first-order valence-corrected chi connectivity index (χ1v) is 11.3. The van der Waals surface area contributed by atoms with Crippen molar-refractivity contribution in [2.24, 2.45) is 0 Å². The Kier molecular flexibility index (Phi) is 4.98. The Labute approximate surface area is 181 Å². The van der Waals surface area contributed by atoms with Crippen molar-refractivity contribution in [2.45, 2.75) is 17.8 Å². The van der Waals surface area contributed by atoms with Crippen LogP contribution in [0.2, 0.25) is 0 Å². The molecular formula is C23H17N3O2S2. The summed E-state index contributed by atoms with van der Waals surface area (Å²) >= 11 is 2.96. The lowest BCUT2D eigenvalue weighted by molar-refractivity contribution is 0.540. The van der Waals surface area contributed by atoms with Gasteiger partial charge in [-0.1, -0.05) is 48.2 Å². The van der Waals surface area contributed by atoms with Crippen LogP contribution in [-0.2, 0) is 5.75 Å². The maximum absolute atomic E-state index is 13.2. The highest BCUT2D eigenvalue weighted by atomic mass is 32.2. The molecule has 3 aromatic heterocycles. The van der Waals surface area contributed by atoms with Gasteiger partial charge in [0.05, 0.1) is 16.8 Å². The number of nitrogens with zero attached hydrogens (tertiary/aromatic N) is 3. The zero-order valence-corrected chi connectivity index (χ0v) is 17.7. The fraction of sp³-hybridized carbons (Fsp3) is 0.0870. The number of hydrogen-bond acceptors (Lipinski definition) is 6. The predicted octanol–water partition coefficient (Wildman–Crippen LogP) is 5.70. The summed E-state index contributed by atoms with van der Waals surface area (Å²) in [5.74, 6) is 1.93. The molecule has 0 saturated heterocycles. The SMILES string of the molecule is Cc1oc(-c2ccccc2)nc1CSc1nc2sccc2c(=O)n1-c1ccccc1. The van der Waals surface area contributed by atoms with Gasteiger partial charge in [-0.05, 0) is 42.6 Å². The molecule has 0 aliphatic rings. The van der Waals surface area contributed by atoms with Gasteiger partial charge in [0.25, 0.3) is 5.56 Å². The summed E-state index contributed by atoms with van der Waals surface area (Å²) in [6.45, 7) is 1.91. The van der Waals surface area contributed by atoms with E-state index < -0.39 is 0 Å². The van der Waals surface area contributed by atoms with Gasteiger partial charge in [-0.15, -0.1) is 11.3 Å². The molecule has 3 heterocycles. The first-order chi connectivity index (χ1) is 14.7. The zero-order chi connectivity index (χ0) is 20.5. The average molecular weight is 432 g/mol. The number of thioether (sulfide) groups is 1. The molecule has 2 aromatic carbocycles. The van der Waals surface area contributed by atoms with Gasteiger partial charge in [-0.25, -0.2) is 9.97 Å². The molecular weight excluding hydrogens is 414 g/mol. The molecule has 30 heavy (non-hydrogen) atoms. The summed E-state index contributed by atoms with van der Waals surface area (Å²) in [6, 6.07) is 21.3. The van der Waals surface area contributed by atoms with Gasteiger partial charge >= 0.3 is 0 Å². The third-order valence-corrected chi connectivity index (χ3v) is 6.49. The molecule has 0 aliphatic heterocycles. The summed E-state index contributed by atoms with van der Waals surface area (Å²) in [5, 5.41) is 3.18. The number of oxazole rings is 1. The quantitative estimate of drug-likeness (QED) is 0.264. The molecule has 7 heteroatoms. The van der Waals surface area contributed by atoms with E-state index in [2.05, 4.69) is 4.98 Å². The van der Waals surface area contributed by atoms with E-state index in [0.29, 0.717) is 22.2 Å². The Hall–Kier alpha value is -3.16. The fourth-order valence-corrected chi connectivity index (χ4v) is 5.01. The molecule has 0 atom stereocenters. The number of rotatable bonds is 5. The Morgan fingerprint density at radius 1 is 1.00 bits per heavy atom. The number of aromatic nitrogens is 3. The van der Waals surface area contributed by atoms with Crippen LogP contribution in [0.1, 0.15) is 11.5 Å². The van der Waals surface area contributed by atoms with Gasteiger partial charge < -0.3 is 4.42 Å². The average Bonchev–Trinajstić information content (AvgIpc) is 3.40. The summed E-state index contributed by atoms with van der Waals surface area (Å²) < 4.78 is 7.55. The highest BCUT2D eigenvalue weighted by molar-refractivity contribution is 7.98. The minimum atomic E-state index is -0.0585. The highest BCUT2D eigenvalue weighted by Crippen LogP contribution is 2.29. The number of benzene rings is 2. The van der Waals surface area contributed by atoms with Crippen LogP contribution in [0, 0.1) is 6.92 Å². The van der Waals surface area contributed by atoms with Gasteiger partial charge in [-0.2, -0.15) is 0 Å². The third-order valence-electron chi connectivity index (χ3n) is 4.73. The predicted molar refractivity (Wildman–Crippen MR) is 121 cm³/mol. The second-order valence-corrected chi connectivity index (χ2v) is 8.52. The number of hydrogen-bond donors (Lipinski definition) is 0. The lowest BCUT2D eigenvalue weighted by Gasteiger charge is -2.11. The summed E-state index contributed by atoms with van der Waals surface area (Å²) in [7, 11) is 0. The molecule has 0 bridgehead atoms. The second-order valence-electron chi connectivity index (χ2n) is 6.69. The van der Waals surface area contributed by atoms with E-state index in [0.717, 1.165) is 27.5 Å². The molecule has 0 saturated carbocycles. The van der Waals surface area contributed by atoms with Gasteiger partial charge in [0.2, 0.25) is 5.89 Å². The molecule has 5 rings (SSSR count). The molecule has 0 N–H and O–H groups in total. The van der Waals surface area contributed by atoms with Gasteiger partial charge in [-0.3, -0.25) is 9.36 Å². The van der Waals surface area contributed by atoms with Crippen molar-refractivity contribution in [3.63, 3.8) is 0 Å². The van der Waals surface area contributed by atoms with E-state index in [1.165, 1.54) is 23.1 Å². The Morgan fingerprint density at radius 2 is 1.73 bits per heavy atom. The lowest BCUT2D eigenvalue weighted by atomic mass is 10.2. The van der Waals surface area contributed by atoms with Crippen molar-refractivity contribution in [3.05, 3.63) is 93.9 Å². The van der Waals surface area contributed by atoms with Crippen molar-refractivity contribution in [1.29, 1.82) is 0 Å². The largest absolute Gasteiger partial charge is 0.441 e. The number of thiophene rings is 1. The summed E-state index contributed by atoms with van der Waals surface area (Å²) in [6.07, 6.45) is 0. The van der Waals surface area contributed by atoms with E-state index in [1.54, 1.807) is 4.57 Å². The standard InChI is InChI=1S/C23H17N3O2S2/c1-15-19(24-20(28-15)16-8-4-2-5-9-16)14-30-23-25-21-18(12-13-29-21)22(27)26(23)17-10-6-3-7-11-17/h2-13H,14H2,1H3. The van der Waals surface area contributed by atoms with Crippen molar-refractivity contribution in [2.75, 3.05) is 0 Å². The highest BCUT2D eigenvalue weighted by Gasteiger charge is 2.17. The van der Waals surface area contributed by atoms with Crippen LogP contribution in [0.5, 0.6) is 0 Å². The molecule has 0 fully saturated rings. The Morgan fingerprint density at radius 3 is 2.50 bits per heavy atom.